The molecule has 0 saturated carbocycles. The molecule has 0 aromatic heterocycles. The van der Waals surface area contributed by atoms with Gasteiger partial charge in [-0.25, -0.2) is 4.57 Å². The molecule has 0 bridgehead atoms. The largest absolute Gasteiger partial charge is 0.508 e. The van der Waals surface area contributed by atoms with Gasteiger partial charge in [0.2, 0.25) is 0 Å². The first-order valence-corrected chi connectivity index (χ1v) is 8.89. The Bertz CT molecular complexity index is 696. The third-order valence-corrected chi connectivity index (χ3v) is 4.03. The van der Waals surface area contributed by atoms with E-state index in [9.17, 15) is 14.8 Å². The number of anilines is 1. The molecule has 0 radical (unpaired) electrons. The Morgan fingerprint density at radius 1 is 0.913 bits per heavy atom. The molecule has 0 aliphatic heterocycles. The molecule has 0 atom stereocenters. The minimum atomic E-state index is -4.41. The number of nitrogens with one attached hydrogen (secondary N) is 1. The maximum absolute atomic E-state index is 11.1. The Kier molecular flexibility index (Phi) is 5.66. The molecular formula is C16H20NO5P. The van der Waals surface area contributed by atoms with E-state index in [1.54, 1.807) is 12.1 Å². The van der Waals surface area contributed by atoms with E-state index in [4.69, 9.17) is 9.79 Å². The summed E-state index contributed by atoms with van der Waals surface area (Å²) >= 11 is 0. The zero-order chi connectivity index (χ0) is 16.9. The van der Waals surface area contributed by atoms with Gasteiger partial charge in [-0.05, 0) is 55.5 Å². The van der Waals surface area contributed by atoms with Crippen LogP contribution in [0.5, 0.6) is 11.5 Å². The lowest BCUT2D eigenvalue weighted by Gasteiger charge is -2.14. The smallest absolute Gasteiger partial charge is 0.427 e. The molecule has 7 heteroatoms. The molecule has 0 spiro atoms. The summed E-state index contributed by atoms with van der Waals surface area (Å²) in [6, 6.07) is 11.6. The Labute approximate surface area is 134 Å². The molecule has 5 N–H and O–H groups in total. The lowest BCUT2D eigenvalue weighted by molar-refractivity contribution is 0.380. The van der Waals surface area contributed by atoms with E-state index >= 15 is 0 Å². The summed E-state index contributed by atoms with van der Waals surface area (Å²) in [5.74, 6) is 0.254. The van der Waals surface area contributed by atoms with Crippen LogP contribution in [0.25, 0.3) is 0 Å². The Balaban J connectivity index is 1.94. The number of phenolic OH excluding ortho intramolecular Hbond substituents is 2. The zero-order valence-corrected chi connectivity index (χ0v) is 13.4. The summed E-state index contributed by atoms with van der Waals surface area (Å²) in [6.07, 6.45) is 2.95. The summed E-state index contributed by atoms with van der Waals surface area (Å²) in [7, 11) is -4.41. The second kappa shape index (κ2) is 7.51. The molecule has 0 saturated heterocycles. The van der Waals surface area contributed by atoms with Crippen LogP contribution in [-0.2, 0) is 17.4 Å². The van der Waals surface area contributed by atoms with E-state index in [1.807, 2.05) is 12.1 Å². The van der Waals surface area contributed by atoms with Crippen LogP contribution in [-0.4, -0.2) is 20.0 Å². The maximum atomic E-state index is 11.1. The van der Waals surface area contributed by atoms with Crippen molar-refractivity contribution in [1.82, 2.24) is 0 Å². The van der Waals surface area contributed by atoms with Crippen LogP contribution in [0.2, 0.25) is 0 Å². The summed E-state index contributed by atoms with van der Waals surface area (Å²) in [5.41, 5.74) is 1.86. The van der Waals surface area contributed by atoms with Crippen molar-refractivity contribution in [1.29, 1.82) is 0 Å². The molecule has 2 rings (SSSR count). The second-order valence-electron chi connectivity index (χ2n) is 5.33. The maximum Gasteiger partial charge on any atom is 0.427 e. The number of phenols is 2. The first-order valence-electron chi connectivity index (χ1n) is 7.28. The number of aryl methyl sites for hydroxylation is 1. The van der Waals surface area contributed by atoms with Gasteiger partial charge in [-0.1, -0.05) is 18.2 Å². The monoisotopic (exact) mass is 337 g/mol. The van der Waals surface area contributed by atoms with Gasteiger partial charge < -0.3 is 20.0 Å². The predicted octanol–water partition coefficient (Wildman–Crippen LogP) is 3.17. The van der Waals surface area contributed by atoms with Crippen molar-refractivity contribution < 1.29 is 24.6 Å². The molecule has 23 heavy (non-hydrogen) atoms. The number of hydrogen-bond acceptors (Lipinski definition) is 3. The summed E-state index contributed by atoms with van der Waals surface area (Å²) in [4.78, 5) is 18.1. The highest BCUT2D eigenvalue weighted by Gasteiger charge is 2.16. The zero-order valence-electron chi connectivity index (χ0n) is 12.5. The Morgan fingerprint density at radius 2 is 1.57 bits per heavy atom. The minimum Gasteiger partial charge on any atom is -0.508 e. The van der Waals surface area contributed by atoms with Gasteiger partial charge in [0.1, 0.15) is 11.5 Å². The van der Waals surface area contributed by atoms with E-state index in [-0.39, 0.29) is 17.2 Å². The van der Waals surface area contributed by atoms with Gasteiger partial charge >= 0.3 is 7.75 Å². The van der Waals surface area contributed by atoms with Crippen molar-refractivity contribution in [3.63, 3.8) is 0 Å². The fourth-order valence-corrected chi connectivity index (χ4v) is 2.92. The number of unbranched alkanes of at least 4 members (excludes halogenated alkanes) is 1. The van der Waals surface area contributed by atoms with Crippen molar-refractivity contribution in [2.75, 3.05) is 5.09 Å². The fraction of sp³-hybridized carbons (Fsp3) is 0.250. The van der Waals surface area contributed by atoms with Crippen molar-refractivity contribution >= 4 is 13.4 Å². The standard InChI is InChI=1S/C16H20NO5P/c18-13-10-8-12(9-11-13)4-1-2-5-14-15(17-23(20,21)22)6-3-7-16(14)19/h3,6-11,18-19H,1-2,4-5H2,(H3,17,20,21,22). The van der Waals surface area contributed by atoms with Gasteiger partial charge in [-0.15, -0.1) is 0 Å². The molecule has 0 aliphatic rings. The second-order valence-corrected chi connectivity index (χ2v) is 6.64. The van der Waals surface area contributed by atoms with E-state index < -0.39 is 7.75 Å². The van der Waals surface area contributed by atoms with Gasteiger partial charge in [0.25, 0.3) is 0 Å². The highest BCUT2D eigenvalue weighted by Crippen LogP contribution is 2.39. The van der Waals surface area contributed by atoms with Gasteiger partial charge in [0.15, 0.2) is 0 Å². The highest BCUT2D eigenvalue weighted by molar-refractivity contribution is 7.53. The molecule has 0 amide bonds. The van der Waals surface area contributed by atoms with Gasteiger partial charge in [0.05, 0.1) is 5.69 Å². The first-order chi connectivity index (χ1) is 10.8. The minimum absolute atomic E-state index is 0.0214. The lowest BCUT2D eigenvalue weighted by atomic mass is 10.0. The van der Waals surface area contributed by atoms with E-state index in [2.05, 4.69) is 5.09 Å². The average molecular weight is 337 g/mol. The third kappa shape index (κ3) is 5.60. The van der Waals surface area contributed by atoms with Crippen LogP contribution in [0.4, 0.5) is 5.69 Å². The number of rotatable bonds is 7. The van der Waals surface area contributed by atoms with Crippen LogP contribution in [0.15, 0.2) is 42.5 Å². The molecule has 0 aliphatic carbocycles. The molecule has 2 aromatic rings. The third-order valence-electron chi connectivity index (χ3n) is 3.50. The Hall–Kier alpha value is -2.01. The SMILES string of the molecule is O=P(O)(O)Nc1cccc(O)c1CCCCc1ccc(O)cc1. The van der Waals surface area contributed by atoms with E-state index in [0.717, 1.165) is 24.8 Å². The molecule has 124 valence electrons. The van der Waals surface area contributed by atoms with Crippen molar-refractivity contribution in [2.24, 2.45) is 0 Å². The van der Waals surface area contributed by atoms with Gasteiger partial charge in [-0.2, -0.15) is 0 Å². The molecule has 0 unspecified atom stereocenters. The molecule has 0 fully saturated rings. The van der Waals surface area contributed by atoms with Crippen LogP contribution < -0.4 is 5.09 Å². The van der Waals surface area contributed by atoms with E-state index in [1.165, 1.54) is 18.2 Å². The van der Waals surface area contributed by atoms with Crippen LogP contribution in [0.3, 0.4) is 0 Å². The molecule has 2 aromatic carbocycles. The van der Waals surface area contributed by atoms with Gasteiger partial charge in [0, 0.05) is 5.56 Å². The molecular weight excluding hydrogens is 317 g/mol. The van der Waals surface area contributed by atoms with Crippen LogP contribution in [0, 0.1) is 0 Å². The summed E-state index contributed by atoms with van der Waals surface area (Å²) < 4.78 is 11.1. The molecule has 6 nitrogen and oxygen atoms in total. The Morgan fingerprint density at radius 3 is 2.22 bits per heavy atom. The topological polar surface area (TPSA) is 110 Å². The lowest BCUT2D eigenvalue weighted by Crippen LogP contribution is -2.00. The fourth-order valence-electron chi connectivity index (χ4n) is 2.39. The first kappa shape index (κ1) is 17.3. The summed E-state index contributed by atoms with van der Waals surface area (Å²) in [6.45, 7) is 0. The molecule has 0 heterocycles. The number of hydrogen-bond donors (Lipinski definition) is 5. The van der Waals surface area contributed by atoms with Crippen LogP contribution >= 0.6 is 7.75 Å². The normalized spacial score (nSPS) is 11.4. The quantitative estimate of drug-likeness (QED) is 0.392. The van der Waals surface area contributed by atoms with Gasteiger partial charge in [-0.3, -0.25) is 5.09 Å². The van der Waals surface area contributed by atoms with Crippen LogP contribution in [0.1, 0.15) is 24.0 Å². The summed E-state index contributed by atoms with van der Waals surface area (Å²) in [5, 5.41) is 21.3. The number of aromatic hydroxyl groups is 2. The van der Waals surface area contributed by atoms with Crippen molar-refractivity contribution in [3.05, 3.63) is 53.6 Å². The van der Waals surface area contributed by atoms with Crippen molar-refractivity contribution in [3.8, 4) is 11.5 Å². The highest BCUT2D eigenvalue weighted by atomic mass is 31.2. The predicted molar refractivity (Wildman–Crippen MR) is 88.5 cm³/mol. The van der Waals surface area contributed by atoms with Crippen molar-refractivity contribution in [2.45, 2.75) is 25.7 Å². The number of benzene rings is 2. The van der Waals surface area contributed by atoms with E-state index in [0.29, 0.717) is 12.0 Å². The average Bonchev–Trinajstić information content (AvgIpc) is 2.46.